The minimum atomic E-state index is -0.229. The zero-order valence-electron chi connectivity index (χ0n) is 8.65. The van der Waals surface area contributed by atoms with Gasteiger partial charge in [0.05, 0.1) is 19.7 Å². The molecule has 1 N–H and O–H groups in total. The van der Waals surface area contributed by atoms with Gasteiger partial charge in [0, 0.05) is 24.8 Å². The fourth-order valence-electron chi connectivity index (χ4n) is 1.26. The second-order valence-corrected chi connectivity index (χ2v) is 3.07. The molecule has 1 atom stereocenters. The lowest BCUT2D eigenvalue weighted by atomic mass is 10.1. The number of hydrogen-bond acceptors (Lipinski definition) is 4. The number of carbonyl (C=O) groups is 1. The van der Waals surface area contributed by atoms with E-state index in [0.717, 1.165) is 5.56 Å². The van der Waals surface area contributed by atoms with Gasteiger partial charge in [0.25, 0.3) is 0 Å². The Balaban J connectivity index is 2.67. The lowest BCUT2D eigenvalue weighted by Crippen LogP contribution is -2.20. The van der Waals surface area contributed by atoms with Gasteiger partial charge in [-0.05, 0) is 7.05 Å². The monoisotopic (exact) mass is 197 g/mol. The predicted octanol–water partition coefficient (Wildman–Crippen LogP) is 0.244. The maximum absolute atomic E-state index is 11.1. The number of carbonyl (C=O) groups excluding carboxylic acids is 1. The van der Waals surface area contributed by atoms with E-state index in [1.165, 1.54) is 7.11 Å². The first kappa shape index (κ1) is 10.7. The van der Waals surface area contributed by atoms with Crippen molar-refractivity contribution >= 4 is 5.97 Å². The predicted molar refractivity (Wildman–Crippen MR) is 51.6 cm³/mol. The van der Waals surface area contributed by atoms with E-state index in [-0.39, 0.29) is 12.0 Å². The normalized spacial score (nSPS) is 12.5. The molecule has 1 aromatic heterocycles. The van der Waals surface area contributed by atoms with Crippen molar-refractivity contribution in [1.82, 2.24) is 15.1 Å². The summed E-state index contributed by atoms with van der Waals surface area (Å²) in [7, 11) is 5.03. The molecule has 0 aliphatic heterocycles. The van der Waals surface area contributed by atoms with Crippen LogP contribution in [0, 0.1) is 0 Å². The van der Waals surface area contributed by atoms with Gasteiger partial charge in [-0.3, -0.25) is 9.48 Å². The molecule has 0 saturated carbocycles. The first-order valence-electron chi connectivity index (χ1n) is 4.40. The van der Waals surface area contributed by atoms with Crippen LogP contribution in [-0.4, -0.2) is 29.9 Å². The number of aryl methyl sites for hydroxylation is 1. The highest BCUT2D eigenvalue weighted by atomic mass is 16.5. The Morgan fingerprint density at radius 3 is 2.93 bits per heavy atom. The molecule has 1 rings (SSSR count). The van der Waals surface area contributed by atoms with Gasteiger partial charge < -0.3 is 10.1 Å². The lowest BCUT2D eigenvalue weighted by molar-refractivity contribution is -0.141. The summed E-state index contributed by atoms with van der Waals surface area (Å²) in [6.07, 6.45) is 3.94. The molecule has 0 aliphatic carbocycles. The number of aromatic nitrogens is 2. The average Bonchev–Trinajstić information content (AvgIpc) is 2.60. The van der Waals surface area contributed by atoms with Crippen LogP contribution in [0.15, 0.2) is 12.4 Å². The maximum atomic E-state index is 11.1. The molecule has 0 radical (unpaired) electrons. The number of ether oxygens (including phenoxy) is 1. The third kappa shape index (κ3) is 2.56. The van der Waals surface area contributed by atoms with Crippen molar-refractivity contribution in [2.45, 2.75) is 12.5 Å². The zero-order valence-corrected chi connectivity index (χ0v) is 8.65. The molecule has 0 bridgehead atoms. The highest BCUT2D eigenvalue weighted by molar-refractivity contribution is 5.70. The van der Waals surface area contributed by atoms with Crippen LogP contribution in [0.4, 0.5) is 0 Å². The van der Waals surface area contributed by atoms with E-state index in [9.17, 15) is 4.79 Å². The van der Waals surface area contributed by atoms with Crippen molar-refractivity contribution in [2.24, 2.45) is 7.05 Å². The third-order valence-electron chi connectivity index (χ3n) is 2.07. The SMILES string of the molecule is CNC(CC(=O)OC)c1cnn(C)c1. The Kier molecular flexibility index (Phi) is 3.64. The van der Waals surface area contributed by atoms with Gasteiger partial charge in [0.2, 0.25) is 0 Å². The summed E-state index contributed by atoms with van der Waals surface area (Å²) in [5.41, 5.74) is 0.986. The zero-order chi connectivity index (χ0) is 10.6. The number of nitrogens with zero attached hydrogens (tertiary/aromatic N) is 2. The van der Waals surface area contributed by atoms with E-state index in [0.29, 0.717) is 6.42 Å². The molecule has 5 nitrogen and oxygen atoms in total. The third-order valence-corrected chi connectivity index (χ3v) is 2.07. The Morgan fingerprint density at radius 1 is 1.79 bits per heavy atom. The summed E-state index contributed by atoms with van der Waals surface area (Å²) in [6, 6.07) is -0.0313. The Hall–Kier alpha value is -1.36. The molecule has 1 unspecified atom stereocenters. The summed E-state index contributed by atoms with van der Waals surface area (Å²) in [4.78, 5) is 11.1. The van der Waals surface area contributed by atoms with Gasteiger partial charge in [0.15, 0.2) is 0 Å². The minimum Gasteiger partial charge on any atom is -0.469 e. The number of hydrogen-bond donors (Lipinski definition) is 1. The molecule has 0 saturated heterocycles. The first-order chi connectivity index (χ1) is 6.67. The van der Waals surface area contributed by atoms with Crippen LogP contribution in [0.5, 0.6) is 0 Å². The van der Waals surface area contributed by atoms with Crippen molar-refractivity contribution < 1.29 is 9.53 Å². The standard InChI is InChI=1S/C9H15N3O2/c1-10-8(4-9(13)14-3)7-5-11-12(2)6-7/h5-6,8,10H,4H2,1-3H3. The molecule has 5 heteroatoms. The van der Waals surface area contributed by atoms with E-state index in [1.54, 1.807) is 17.9 Å². The molecular weight excluding hydrogens is 182 g/mol. The van der Waals surface area contributed by atoms with E-state index < -0.39 is 0 Å². The van der Waals surface area contributed by atoms with E-state index in [4.69, 9.17) is 0 Å². The van der Waals surface area contributed by atoms with Gasteiger partial charge in [-0.15, -0.1) is 0 Å². The summed E-state index contributed by atoms with van der Waals surface area (Å²) in [5.74, 6) is -0.229. The quantitative estimate of drug-likeness (QED) is 0.703. The van der Waals surface area contributed by atoms with E-state index in [2.05, 4.69) is 15.2 Å². The van der Waals surface area contributed by atoms with E-state index in [1.807, 2.05) is 13.2 Å². The van der Waals surface area contributed by atoms with Crippen molar-refractivity contribution in [3.05, 3.63) is 18.0 Å². The second-order valence-electron chi connectivity index (χ2n) is 3.07. The minimum absolute atomic E-state index is 0.0313. The lowest BCUT2D eigenvalue weighted by Gasteiger charge is -2.12. The molecule has 78 valence electrons. The van der Waals surface area contributed by atoms with Crippen LogP contribution in [0.25, 0.3) is 0 Å². The van der Waals surface area contributed by atoms with Crippen LogP contribution in [-0.2, 0) is 16.6 Å². The van der Waals surface area contributed by atoms with Crippen LogP contribution in [0.1, 0.15) is 18.0 Å². The van der Waals surface area contributed by atoms with Crippen LogP contribution in [0.3, 0.4) is 0 Å². The Labute approximate surface area is 83.1 Å². The largest absolute Gasteiger partial charge is 0.469 e. The topological polar surface area (TPSA) is 56.1 Å². The molecule has 0 fully saturated rings. The molecule has 0 amide bonds. The molecule has 0 spiro atoms. The van der Waals surface area contributed by atoms with Gasteiger partial charge >= 0.3 is 5.97 Å². The molecule has 0 aromatic carbocycles. The fourth-order valence-corrected chi connectivity index (χ4v) is 1.26. The van der Waals surface area contributed by atoms with Crippen LogP contribution < -0.4 is 5.32 Å². The Bertz CT molecular complexity index is 309. The highest BCUT2D eigenvalue weighted by Gasteiger charge is 2.15. The number of esters is 1. The summed E-state index contributed by atoms with van der Waals surface area (Å²) >= 11 is 0. The summed E-state index contributed by atoms with van der Waals surface area (Å²) in [6.45, 7) is 0. The Morgan fingerprint density at radius 2 is 2.50 bits per heavy atom. The highest BCUT2D eigenvalue weighted by Crippen LogP contribution is 2.15. The first-order valence-corrected chi connectivity index (χ1v) is 4.40. The van der Waals surface area contributed by atoms with Crippen molar-refractivity contribution in [3.63, 3.8) is 0 Å². The van der Waals surface area contributed by atoms with Crippen molar-refractivity contribution in [3.8, 4) is 0 Å². The van der Waals surface area contributed by atoms with Gasteiger partial charge in [-0.1, -0.05) is 0 Å². The van der Waals surface area contributed by atoms with Crippen molar-refractivity contribution in [2.75, 3.05) is 14.2 Å². The van der Waals surface area contributed by atoms with Gasteiger partial charge in [0.1, 0.15) is 0 Å². The van der Waals surface area contributed by atoms with Gasteiger partial charge in [-0.2, -0.15) is 5.10 Å². The molecular formula is C9H15N3O2. The second kappa shape index (κ2) is 4.76. The van der Waals surface area contributed by atoms with Crippen molar-refractivity contribution in [1.29, 1.82) is 0 Å². The van der Waals surface area contributed by atoms with Crippen LogP contribution >= 0.6 is 0 Å². The fraction of sp³-hybridized carbons (Fsp3) is 0.556. The molecule has 14 heavy (non-hydrogen) atoms. The number of rotatable bonds is 4. The van der Waals surface area contributed by atoms with E-state index >= 15 is 0 Å². The average molecular weight is 197 g/mol. The molecule has 1 aromatic rings. The molecule has 1 heterocycles. The smallest absolute Gasteiger partial charge is 0.307 e. The maximum Gasteiger partial charge on any atom is 0.307 e. The number of nitrogens with one attached hydrogen (secondary N) is 1. The summed E-state index contributed by atoms with van der Waals surface area (Å²) in [5, 5.41) is 7.09. The van der Waals surface area contributed by atoms with Gasteiger partial charge in [-0.25, -0.2) is 0 Å². The summed E-state index contributed by atoms with van der Waals surface area (Å²) < 4.78 is 6.31. The molecule has 0 aliphatic rings. The van der Waals surface area contributed by atoms with Crippen LogP contribution in [0.2, 0.25) is 0 Å². The number of methoxy groups -OCH3 is 1.